The number of carbonyl (C=O) groups is 1. The topological polar surface area (TPSA) is 49.6 Å². The molecule has 0 spiro atoms. The SMILES string of the molecule is COc1ccc(C2(C)CC[N]C2=O)cc1OC. The number of hydrogen-bond acceptors (Lipinski definition) is 3. The molecule has 1 heterocycles. The highest BCUT2D eigenvalue weighted by atomic mass is 16.5. The van der Waals surface area contributed by atoms with Crippen molar-refractivity contribution in [2.24, 2.45) is 0 Å². The Hall–Kier alpha value is -1.71. The fourth-order valence-corrected chi connectivity index (χ4v) is 2.11. The zero-order chi connectivity index (χ0) is 12.5. The molecule has 1 atom stereocenters. The highest BCUT2D eigenvalue weighted by Gasteiger charge is 2.40. The number of hydrogen-bond donors (Lipinski definition) is 0. The molecule has 1 unspecified atom stereocenters. The van der Waals surface area contributed by atoms with Gasteiger partial charge in [-0.15, -0.1) is 0 Å². The quantitative estimate of drug-likeness (QED) is 0.796. The maximum absolute atomic E-state index is 11.8. The van der Waals surface area contributed by atoms with Crippen LogP contribution in [0.2, 0.25) is 0 Å². The van der Waals surface area contributed by atoms with Crippen molar-refractivity contribution >= 4 is 5.91 Å². The lowest BCUT2D eigenvalue weighted by Gasteiger charge is -2.21. The Morgan fingerprint density at radius 2 is 1.94 bits per heavy atom. The Kier molecular flexibility index (Phi) is 2.96. The number of methoxy groups -OCH3 is 2. The fraction of sp³-hybridized carbons (Fsp3) is 0.462. The lowest BCUT2D eigenvalue weighted by Crippen LogP contribution is -2.29. The van der Waals surface area contributed by atoms with E-state index in [1.54, 1.807) is 14.2 Å². The number of rotatable bonds is 3. The highest BCUT2D eigenvalue weighted by Crippen LogP contribution is 2.37. The lowest BCUT2D eigenvalue weighted by molar-refractivity contribution is -0.123. The third-order valence-electron chi connectivity index (χ3n) is 3.36. The van der Waals surface area contributed by atoms with Crippen LogP contribution >= 0.6 is 0 Å². The molecule has 1 amide bonds. The molecule has 2 rings (SSSR count). The van der Waals surface area contributed by atoms with Gasteiger partial charge in [-0.2, -0.15) is 0 Å². The number of ether oxygens (including phenoxy) is 2. The molecule has 1 aromatic carbocycles. The number of benzene rings is 1. The van der Waals surface area contributed by atoms with Gasteiger partial charge in [0, 0.05) is 6.54 Å². The van der Waals surface area contributed by atoms with Gasteiger partial charge in [-0.1, -0.05) is 6.07 Å². The van der Waals surface area contributed by atoms with Gasteiger partial charge in [0.2, 0.25) is 0 Å². The van der Waals surface area contributed by atoms with E-state index in [1.165, 1.54) is 0 Å². The molecule has 0 bridgehead atoms. The summed E-state index contributed by atoms with van der Waals surface area (Å²) in [5.41, 5.74) is 0.418. The van der Waals surface area contributed by atoms with E-state index in [9.17, 15) is 4.79 Å². The summed E-state index contributed by atoms with van der Waals surface area (Å²) in [5, 5.41) is 3.95. The van der Waals surface area contributed by atoms with Gasteiger partial charge in [0.05, 0.1) is 19.6 Å². The molecule has 0 N–H and O–H groups in total. The van der Waals surface area contributed by atoms with Crippen LogP contribution in [-0.2, 0) is 10.2 Å². The van der Waals surface area contributed by atoms with Crippen molar-refractivity contribution in [1.82, 2.24) is 5.32 Å². The predicted molar refractivity (Wildman–Crippen MR) is 63.5 cm³/mol. The average Bonchev–Trinajstić information content (AvgIpc) is 2.70. The van der Waals surface area contributed by atoms with Crippen LogP contribution < -0.4 is 14.8 Å². The first-order valence-corrected chi connectivity index (χ1v) is 5.56. The molecule has 17 heavy (non-hydrogen) atoms. The third kappa shape index (κ3) is 1.84. The Bertz CT molecular complexity index is 444. The molecule has 1 radical (unpaired) electrons. The number of carbonyl (C=O) groups excluding carboxylic acids is 1. The van der Waals surface area contributed by atoms with E-state index < -0.39 is 5.41 Å². The summed E-state index contributed by atoms with van der Waals surface area (Å²) in [7, 11) is 3.18. The number of nitrogens with zero attached hydrogens (tertiary/aromatic N) is 1. The lowest BCUT2D eigenvalue weighted by atomic mass is 9.81. The molecule has 4 nitrogen and oxygen atoms in total. The van der Waals surface area contributed by atoms with E-state index >= 15 is 0 Å². The Balaban J connectivity index is 2.43. The zero-order valence-electron chi connectivity index (χ0n) is 10.3. The van der Waals surface area contributed by atoms with Crippen molar-refractivity contribution < 1.29 is 14.3 Å². The van der Waals surface area contributed by atoms with Gasteiger partial charge in [-0.05, 0) is 31.0 Å². The van der Waals surface area contributed by atoms with Crippen molar-refractivity contribution in [3.05, 3.63) is 23.8 Å². The first kappa shape index (κ1) is 11.8. The van der Waals surface area contributed by atoms with Crippen LogP contribution in [0.15, 0.2) is 18.2 Å². The van der Waals surface area contributed by atoms with Crippen LogP contribution in [0.5, 0.6) is 11.5 Å². The monoisotopic (exact) mass is 234 g/mol. The predicted octanol–water partition coefficient (Wildman–Crippen LogP) is 1.50. The van der Waals surface area contributed by atoms with Crippen LogP contribution in [0.3, 0.4) is 0 Å². The van der Waals surface area contributed by atoms with E-state index in [0.29, 0.717) is 18.0 Å². The normalized spacial score (nSPS) is 23.4. The second-order valence-corrected chi connectivity index (χ2v) is 4.34. The summed E-state index contributed by atoms with van der Waals surface area (Å²) in [6.45, 7) is 2.52. The molecule has 0 aliphatic carbocycles. The Morgan fingerprint density at radius 3 is 2.47 bits per heavy atom. The van der Waals surface area contributed by atoms with E-state index in [1.807, 2.05) is 25.1 Å². The van der Waals surface area contributed by atoms with E-state index in [4.69, 9.17) is 9.47 Å². The molecule has 1 aliphatic heterocycles. The minimum absolute atomic E-state index is 0.0512. The van der Waals surface area contributed by atoms with Gasteiger partial charge >= 0.3 is 0 Å². The van der Waals surface area contributed by atoms with Crippen LogP contribution in [0.25, 0.3) is 0 Å². The van der Waals surface area contributed by atoms with Gasteiger partial charge < -0.3 is 9.47 Å². The smallest absolute Gasteiger partial charge is 0.251 e. The molecule has 1 saturated heterocycles. The molecule has 1 aromatic rings. The van der Waals surface area contributed by atoms with Crippen LogP contribution in [0.4, 0.5) is 0 Å². The molecule has 0 aromatic heterocycles. The molecule has 4 heteroatoms. The molecular weight excluding hydrogens is 218 g/mol. The van der Waals surface area contributed by atoms with Gasteiger partial charge in [0.1, 0.15) is 0 Å². The maximum atomic E-state index is 11.8. The van der Waals surface area contributed by atoms with Crippen molar-refractivity contribution in [3.8, 4) is 11.5 Å². The fourth-order valence-electron chi connectivity index (χ4n) is 2.11. The summed E-state index contributed by atoms with van der Waals surface area (Å²) >= 11 is 0. The minimum atomic E-state index is -0.514. The van der Waals surface area contributed by atoms with E-state index in [2.05, 4.69) is 5.32 Å². The average molecular weight is 234 g/mol. The first-order chi connectivity index (χ1) is 8.11. The number of amides is 1. The molecule has 91 valence electrons. The summed E-state index contributed by atoms with van der Waals surface area (Å²) < 4.78 is 10.4. The van der Waals surface area contributed by atoms with E-state index in [-0.39, 0.29) is 5.91 Å². The van der Waals surface area contributed by atoms with Gasteiger partial charge in [0.15, 0.2) is 11.5 Å². The molecule has 0 saturated carbocycles. The molecule has 1 fully saturated rings. The van der Waals surface area contributed by atoms with Crippen molar-refractivity contribution in [2.45, 2.75) is 18.8 Å². The second kappa shape index (κ2) is 4.28. The van der Waals surface area contributed by atoms with Gasteiger partial charge in [-0.3, -0.25) is 10.1 Å². The maximum Gasteiger partial charge on any atom is 0.251 e. The van der Waals surface area contributed by atoms with Crippen LogP contribution in [0.1, 0.15) is 18.9 Å². The Morgan fingerprint density at radius 1 is 1.24 bits per heavy atom. The van der Waals surface area contributed by atoms with Crippen molar-refractivity contribution in [2.75, 3.05) is 20.8 Å². The van der Waals surface area contributed by atoms with Crippen molar-refractivity contribution in [1.29, 1.82) is 0 Å². The minimum Gasteiger partial charge on any atom is -0.493 e. The molecular formula is C13H16NO3. The van der Waals surface area contributed by atoms with Gasteiger partial charge in [-0.25, -0.2) is 0 Å². The Labute approximate surface area is 101 Å². The van der Waals surface area contributed by atoms with Crippen LogP contribution in [-0.4, -0.2) is 26.7 Å². The summed E-state index contributed by atoms with van der Waals surface area (Å²) in [5.74, 6) is 1.26. The van der Waals surface area contributed by atoms with Crippen molar-refractivity contribution in [3.63, 3.8) is 0 Å². The van der Waals surface area contributed by atoms with E-state index in [0.717, 1.165) is 12.0 Å². The van der Waals surface area contributed by atoms with Gasteiger partial charge in [0.25, 0.3) is 5.91 Å². The third-order valence-corrected chi connectivity index (χ3v) is 3.36. The highest BCUT2D eigenvalue weighted by molar-refractivity contribution is 5.89. The molecule has 1 aliphatic rings. The zero-order valence-corrected chi connectivity index (χ0v) is 10.3. The summed E-state index contributed by atoms with van der Waals surface area (Å²) in [6.07, 6.45) is 0.751. The summed E-state index contributed by atoms with van der Waals surface area (Å²) in [6, 6.07) is 5.59. The first-order valence-electron chi connectivity index (χ1n) is 5.56. The largest absolute Gasteiger partial charge is 0.493 e. The standard InChI is InChI=1S/C13H16NO3/c1-13(6-7-14-12(13)15)9-4-5-10(16-2)11(8-9)17-3/h4-5,8H,6-7H2,1-3H3. The second-order valence-electron chi connectivity index (χ2n) is 4.34. The summed E-state index contributed by atoms with van der Waals surface area (Å²) in [4.78, 5) is 11.8. The van der Waals surface area contributed by atoms with Crippen LogP contribution in [0, 0.1) is 0 Å².